The molecule has 0 aliphatic rings. The Hall–Kier alpha value is -2.24. The van der Waals surface area contributed by atoms with Gasteiger partial charge in [-0.2, -0.15) is 5.10 Å². The van der Waals surface area contributed by atoms with Gasteiger partial charge in [0.05, 0.1) is 25.5 Å². The number of nitrogens with one attached hydrogen (secondary N) is 2. The molecule has 19 heavy (non-hydrogen) atoms. The fourth-order valence-electron chi connectivity index (χ4n) is 1.65. The number of hydrogen-bond acceptors (Lipinski definition) is 3. The highest BCUT2D eigenvalue weighted by Crippen LogP contribution is 2.00. The number of rotatable bonds is 5. The number of aliphatic imine (C=N–C) groups is 1. The van der Waals surface area contributed by atoms with Crippen molar-refractivity contribution < 1.29 is 4.42 Å². The average Bonchev–Trinajstić information content (AvgIpc) is 3.04. The molecule has 0 radical (unpaired) electrons. The van der Waals surface area contributed by atoms with Crippen LogP contribution in [-0.2, 0) is 20.1 Å². The topological polar surface area (TPSA) is 67.4 Å². The SMILES string of the molecule is CCNC(=NCc1cnn(C)c1)NCc1ccco1. The van der Waals surface area contributed by atoms with Crippen molar-refractivity contribution in [2.24, 2.45) is 12.0 Å². The molecule has 2 aromatic heterocycles. The lowest BCUT2D eigenvalue weighted by molar-refractivity contribution is 0.501. The van der Waals surface area contributed by atoms with Crippen LogP contribution in [0, 0.1) is 0 Å². The summed E-state index contributed by atoms with van der Waals surface area (Å²) in [6.07, 6.45) is 5.44. The van der Waals surface area contributed by atoms with Gasteiger partial charge in [-0.1, -0.05) is 0 Å². The molecule has 0 saturated carbocycles. The minimum Gasteiger partial charge on any atom is -0.467 e. The first-order valence-corrected chi connectivity index (χ1v) is 6.30. The summed E-state index contributed by atoms with van der Waals surface area (Å²) >= 11 is 0. The molecule has 0 aliphatic carbocycles. The zero-order chi connectivity index (χ0) is 13.5. The molecular formula is C13H19N5O. The predicted molar refractivity (Wildman–Crippen MR) is 73.6 cm³/mol. The first-order chi connectivity index (χ1) is 9.28. The smallest absolute Gasteiger partial charge is 0.191 e. The van der Waals surface area contributed by atoms with Gasteiger partial charge in [0.25, 0.3) is 0 Å². The van der Waals surface area contributed by atoms with Gasteiger partial charge in [0.15, 0.2) is 5.96 Å². The van der Waals surface area contributed by atoms with Gasteiger partial charge in [0.2, 0.25) is 0 Å². The first-order valence-electron chi connectivity index (χ1n) is 6.30. The molecule has 6 nitrogen and oxygen atoms in total. The number of furan rings is 1. The Morgan fingerprint density at radius 2 is 2.37 bits per heavy atom. The van der Waals surface area contributed by atoms with Crippen LogP contribution in [-0.4, -0.2) is 22.3 Å². The summed E-state index contributed by atoms with van der Waals surface area (Å²) in [6.45, 7) is 4.07. The molecule has 0 fully saturated rings. The van der Waals surface area contributed by atoms with Gasteiger partial charge in [-0.15, -0.1) is 0 Å². The maximum Gasteiger partial charge on any atom is 0.191 e. The van der Waals surface area contributed by atoms with Crippen molar-refractivity contribution in [3.8, 4) is 0 Å². The zero-order valence-corrected chi connectivity index (χ0v) is 11.3. The van der Waals surface area contributed by atoms with Gasteiger partial charge in [-0.25, -0.2) is 4.99 Å². The van der Waals surface area contributed by atoms with Gasteiger partial charge in [0.1, 0.15) is 5.76 Å². The lowest BCUT2D eigenvalue weighted by Crippen LogP contribution is -2.36. The number of aromatic nitrogens is 2. The summed E-state index contributed by atoms with van der Waals surface area (Å²) in [7, 11) is 1.90. The van der Waals surface area contributed by atoms with Crippen LogP contribution in [0.5, 0.6) is 0 Å². The summed E-state index contributed by atoms with van der Waals surface area (Å²) in [5, 5.41) is 10.5. The van der Waals surface area contributed by atoms with E-state index in [0.717, 1.165) is 23.8 Å². The molecule has 0 atom stereocenters. The van der Waals surface area contributed by atoms with E-state index >= 15 is 0 Å². The van der Waals surface area contributed by atoms with E-state index in [0.29, 0.717) is 13.1 Å². The summed E-state index contributed by atoms with van der Waals surface area (Å²) in [4.78, 5) is 4.50. The minimum atomic E-state index is 0.599. The second kappa shape index (κ2) is 6.63. The second-order valence-corrected chi connectivity index (χ2v) is 4.15. The Balaban J connectivity index is 1.90. The van der Waals surface area contributed by atoms with Crippen LogP contribution < -0.4 is 10.6 Å². The number of aryl methyl sites for hydroxylation is 1. The van der Waals surface area contributed by atoms with Crippen LogP contribution in [0.1, 0.15) is 18.2 Å². The maximum atomic E-state index is 5.27. The first kappa shape index (κ1) is 13.2. The standard InChI is InChI=1S/C13H19N5O/c1-3-14-13(16-9-12-5-4-6-19-12)15-7-11-8-17-18(2)10-11/h4-6,8,10H,3,7,9H2,1-2H3,(H2,14,15,16). The van der Waals surface area contributed by atoms with E-state index in [-0.39, 0.29) is 0 Å². The molecule has 0 bridgehead atoms. The van der Waals surface area contributed by atoms with Crippen LogP contribution in [0.4, 0.5) is 0 Å². The Labute approximate surface area is 112 Å². The molecular weight excluding hydrogens is 242 g/mol. The Kier molecular flexibility index (Phi) is 4.60. The molecule has 0 aliphatic heterocycles. The van der Waals surface area contributed by atoms with E-state index in [1.54, 1.807) is 10.9 Å². The van der Waals surface area contributed by atoms with Crippen molar-refractivity contribution in [3.63, 3.8) is 0 Å². The Bertz CT molecular complexity index is 515. The predicted octanol–water partition coefficient (Wildman–Crippen LogP) is 1.27. The average molecular weight is 261 g/mol. The highest BCUT2D eigenvalue weighted by atomic mass is 16.3. The van der Waals surface area contributed by atoms with Crippen molar-refractivity contribution in [2.45, 2.75) is 20.0 Å². The molecule has 2 aromatic rings. The van der Waals surface area contributed by atoms with Crippen LogP contribution in [0.2, 0.25) is 0 Å². The van der Waals surface area contributed by atoms with Crippen LogP contribution in [0.25, 0.3) is 0 Å². The van der Waals surface area contributed by atoms with Gasteiger partial charge >= 0.3 is 0 Å². The molecule has 0 aromatic carbocycles. The molecule has 0 amide bonds. The van der Waals surface area contributed by atoms with Crippen molar-refractivity contribution >= 4 is 5.96 Å². The van der Waals surface area contributed by atoms with E-state index in [2.05, 4.69) is 20.7 Å². The van der Waals surface area contributed by atoms with Crippen molar-refractivity contribution in [1.29, 1.82) is 0 Å². The van der Waals surface area contributed by atoms with Crippen molar-refractivity contribution in [3.05, 3.63) is 42.1 Å². The molecule has 2 rings (SSSR count). The molecule has 102 valence electrons. The lowest BCUT2D eigenvalue weighted by Gasteiger charge is -2.09. The fourth-order valence-corrected chi connectivity index (χ4v) is 1.65. The Morgan fingerprint density at radius 1 is 1.47 bits per heavy atom. The van der Waals surface area contributed by atoms with E-state index in [1.807, 2.05) is 38.5 Å². The van der Waals surface area contributed by atoms with Crippen LogP contribution >= 0.6 is 0 Å². The van der Waals surface area contributed by atoms with Gasteiger partial charge in [-0.3, -0.25) is 4.68 Å². The molecule has 2 heterocycles. The Morgan fingerprint density at radius 3 is 3.00 bits per heavy atom. The zero-order valence-electron chi connectivity index (χ0n) is 11.3. The van der Waals surface area contributed by atoms with Crippen LogP contribution in [0.15, 0.2) is 40.2 Å². The maximum absolute atomic E-state index is 5.27. The molecule has 0 saturated heterocycles. The molecule has 0 unspecified atom stereocenters. The summed E-state index contributed by atoms with van der Waals surface area (Å²) < 4.78 is 7.04. The largest absolute Gasteiger partial charge is 0.467 e. The summed E-state index contributed by atoms with van der Waals surface area (Å²) in [6, 6.07) is 3.80. The number of guanidine groups is 1. The number of nitrogens with zero attached hydrogens (tertiary/aromatic N) is 3. The van der Waals surface area contributed by atoms with E-state index in [1.165, 1.54) is 0 Å². The third-order valence-corrected chi connectivity index (χ3v) is 2.53. The van der Waals surface area contributed by atoms with E-state index in [4.69, 9.17) is 4.42 Å². The van der Waals surface area contributed by atoms with E-state index < -0.39 is 0 Å². The monoisotopic (exact) mass is 261 g/mol. The third-order valence-electron chi connectivity index (χ3n) is 2.53. The quantitative estimate of drug-likeness (QED) is 0.628. The summed E-state index contributed by atoms with van der Waals surface area (Å²) in [5.41, 5.74) is 1.08. The highest BCUT2D eigenvalue weighted by Gasteiger charge is 2.00. The van der Waals surface area contributed by atoms with Crippen molar-refractivity contribution in [1.82, 2.24) is 20.4 Å². The lowest BCUT2D eigenvalue weighted by atomic mass is 10.4. The third kappa shape index (κ3) is 4.17. The van der Waals surface area contributed by atoms with Crippen LogP contribution in [0.3, 0.4) is 0 Å². The van der Waals surface area contributed by atoms with Gasteiger partial charge in [-0.05, 0) is 19.1 Å². The molecule has 2 N–H and O–H groups in total. The van der Waals surface area contributed by atoms with Gasteiger partial charge < -0.3 is 15.1 Å². The summed E-state index contributed by atoms with van der Waals surface area (Å²) in [5.74, 6) is 1.65. The molecule has 0 spiro atoms. The highest BCUT2D eigenvalue weighted by molar-refractivity contribution is 5.79. The number of hydrogen-bond donors (Lipinski definition) is 2. The minimum absolute atomic E-state index is 0.599. The fraction of sp³-hybridized carbons (Fsp3) is 0.385. The second-order valence-electron chi connectivity index (χ2n) is 4.15. The van der Waals surface area contributed by atoms with Crippen molar-refractivity contribution in [2.75, 3.05) is 6.54 Å². The van der Waals surface area contributed by atoms with Gasteiger partial charge in [0, 0.05) is 25.4 Å². The normalized spacial score (nSPS) is 11.6. The molecule has 6 heteroatoms. The van der Waals surface area contributed by atoms with E-state index in [9.17, 15) is 0 Å².